The van der Waals surface area contributed by atoms with Crippen molar-refractivity contribution >= 4 is 86.3 Å². The average Bonchev–Trinajstić information content (AvgIpc) is 2.73. The molecular formula is C22H25Cl3IN3O2S. The molecule has 0 aliphatic carbocycles. The Morgan fingerprint density at radius 3 is 2.44 bits per heavy atom. The number of anilines is 1. The maximum atomic E-state index is 12.6. The van der Waals surface area contributed by atoms with Crippen LogP contribution >= 0.6 is 69.6 Å². The van der Waals surface area contributed by atoms with Gasteiger partial charge >= 0.3 is 0 Å². The average molecular weight is 629 g/mol. The maximum absolute atomic E-state index is 12.6. The van der Waals surface area contributed by atoms with Gasteiger partial charge in [0.15, 0.2) is 5.11 Å². The standard InChI is InChI=1S/C22H25Cl3IN3O2S/c1-2-3-4-5-13-31-18-11-9-17(10-12-18)27-21(32)29-20(22(23,24)25)28-19(30)15-7-6-8-16(26)14-15/h6-12,14,20H,2-5,13H2,1H3,(H,28,30)(H2,27,29,32). The molecule has 0 spiro atoms. The smallest absolute Gasteiger partial charge is 0.253 e. The van der Waals surface area contributed by atoms with Crippen LogP contribution < -0.4 is 20.7 Å². The molecule has 2 aromatic carbocycles. The van der Waals surface area contributed by atoms with Crippen molar-refractivity contribution in [3.63, 3.8) is 0 Å². The molecule has 0 aliphatic heterocycles. The highest BCUT2D eigenvalue weighted by Gasteiger charge is 2.35. The monoisotopic (exact) mass is 627 g/mol. The first-order valence-electron chi connectivity index (χ1n) is 10.1. The minimum atomic E-state index is -1.83. The highest BCUT2D eigenvalue weighted by molar-refractivity contribution is 14.1. The third-order valence-corrected chi connectivity index (χ3v) is 5.89. The summed E-state index contributed by atoms with van der Waals surface area (Å²) < 4.78 is 4.82. The second kappa shape index (κ2) is 13.6. The molecule has 1 atom stereocenters. The zero-order chi connectivity index (χ0) is 23.6. The Kier molecular flexibility index (Phi) is 11.6. The van der Waals surface area contributed by atoms with Gasteiger partial charge in [-0.15, -0.1) is 0 Å². The van der Waals surface area contributed by atoms with Crippen molar-refractivity contribution in [1.82, 2.24) is 10.6 Å². The first-order valence-corrected chi connectivity index (χ1v) is 12.7. The molecule has 32 heavy (non-hydrogen) atoms. The lowest BCUT2D eigenvalue weighted by atomic mass is 10.2. The number of benzene rings is 2. The fourth-order valence-electron chi connectivity index (χ4n) is 2.70. The maximum Gasteiger partial charge on any atom is 0.253 e. The van der Waals surface area contributed by atoms with Crippen LogP contribution in [0.25, 0.3) is 0 Å². The molecule has 0 heterocycles. The number of thiocarbonyl (C=S) groups is 1. The number of rotatable bonds is 10. The summed E-state index contributed by atoms with van der Waals surface area (Å²) in [6.07, 6.45) is 3.57. The van der Waals surface area contributed by atoms with Gasteiger partial charge in [-0.1, -0.05) is 67.1 Å². The highest BCUT2D eigenvalue weighted by atomic mass is 127. The molecule has 0 bridgehead atoms. The highest BCUT2D eigenvalue weighted by Crippen LogP contribution is 2.29. The summed E-state index contributed by atoms with van der Waals surface area (Å²) in [6, 6.07) is 14.5. The molecule has 0 saturated heterocycles. The topological polar surface area (TPSA) is 62.4 Å². The van der Waals surface area contributed by atoms with E-state index in [4.69, 9.17) is 51.8 Å². The second-order valence-electron chi connectivity index (χ2n) is 6.99. The molecule has 174 valence electrons. The van der Waals surface area contributed by atoms with E-state index in [1.165, 1.54) is 19.3 Å². The fourth-order valence-corrected chi connectivity index (χ4v) is 3.80. The minimum Gasteiger partial charge on any atom is -0.494 e. The van der Waals surface area contributed by atoms with E-state index in [1.54, 1.807) is 18.2 Å². The number of nitrogens with one attached hydrogen (secondary N) is 3. The molecule has 2 rings (SSSR count). The van der Waals surface area contributed by atoms with Crippen LogP contribution in [0.15, 0.2) is 48.5 Å². The van der Waals surface area contributed by atoms with Crippen LogP contribution in [0.1, 0.15) is 43.0 Å². The van der Waals surface area contributed by atoms with Crippen LogP contribution in [-0.2, 0) is 0 Å². The van der Waals surface area contributed by atoms with Gasteiger partial charge in [0.05, 0.1) is 6.61 Å². The van der Waals surface area contributed by atoms with E-state index >= 15 is 0 Å². The van der Waals surface area contributed by atoms with Gasteiger partial charge < -0.3 is 20.7 Å². The fraction of sp³-hybridized carbons (Fsp3) is 0.364. The van der Waals surface area contributed by atoms with Gasteiger partial charge in [-0.25, -0.2) is 0 Å². The van der Waals surface area contributed by atoms with Crippen molar-refractivity contribution in [2.24, 2.45) is 0 Å². The van der Waals surface area contributed by atoms with Crippen LogP contribution in [0.4, 0.5) is 5.69 Å². The summed E-state index contributed by atoms with van der Waals surface area (Å²) in [5, 5.41) is 8.72. The molecule has 1 amide bonds. The van der Waals surface area contributed by atoms with E-state index in [0.717, 1.165) is 21.4 Å². The van der Waals surface area contributed by atoms with E-state index < -0.39 is 15.9 Å². The van der Waals surface area contributed by atoms with Crippen LogP contribution in [0.5, 0.6) is 5.75 Å². The molecule has 2 aromatic rings. The van der Waals surface area contributed by atoms with Crippen molar-refractivity contribution in [2.45, 2.75) is 42.6 Å². The molecule has 5 nitrogen and oxygen atoms in total. The van der Waals surface area contributed by atoms with E-state index in [0.29, 0.717) is 12.2 Å². The summed E-state index contributed by atoms with van der Waals surface area (Å²) >= 11 is 25.6. The number of hydrogen-bond acceptors (Lipinski definition) is 3. The Bertz CT molecular complexity index is 895. The van der Waals surface area contributed by atoms with Crippen molar-refractivity contribution in [3.05, 3.63) is 57.7 Å². The Labute approximate surface area is 223 Å². The molecule has 10 heteroatoms. The Morgan fingerprint density at radius 1 is 1.09 bits per heavy atom. The molecule has 3 N–H and O–H groups in total. The summed E-state index contributed by atoms with van der Waals surface area (Å²) in [5.74, 6) is 0.394. The van der Waals surface area contributed by atoms with E-state index in [9.17, 15) is 4.79 Å². The van der Waals surface area contributed by atoms with E-state index in [-0.39, 0.29) is 5.11 Å². The van der Waals surface area contributed by atoms with Gasteiger partial charge in [0.1, 0.15) is 11.9 Å². The molecule has 0 aliphatic rings. The number of ether oxygens (including phenoxy) is 1. The van der Waals surface area contributed by atoms with Crippen molar-refractivity contribution in [2.75, 3.05) is 11.9 Å². The second-order valence-corrected chi connectivity index (χ2v) is 11.0. The predicted octanol–water partition coefficient (Wildman–Crippen LogP) is 6.66. The third kappa shape index (κ3) is 9.87. The minimum absolute atomic E-state index is 0.192. The van der Waals surface area contributed by atoms with Gasteiger partial charge in [-0.2, -0.15) is 0 Å². The number of unbranched alkanes of at least 4 members (excludes halogenated alkanes) is 3. The summed E-state index contributed by atoms with van der Waals surface area (Å²) in [6.45, 7) is 2.87. The lowest BCUT2D eigenvalue weighted by Gasteiger charge is -2.27. The number of halogens is 4. The van der Waals surface area contributed by atoms with Crippen LogP contribution in [-0.4, -0.2) is 27.6 Å². The largest absolute Gasteiger partial charge is 0.494 e. The van der Waals surface area contributed by atoms with Crippen LogP contribution in [0.2, 0.25) is 0 Å². The van der Waals surface area contributed by atoms with Gasteiger partial charge in [0.25, 0.3) is 5.91 Å². The predicted molar refractivity (Wildman–Crippen MR) is 146 cm³/mol. The third-order valence-electron chi connectivity index (χ3n) is 4.34. The number of alkyl halides is 3. The zero-order valence-electron chi connectivity index (χ0n) is 17.5. The van der Waals surface area contributed by atoms with Gasteiger partial charge in [0.2, 0.25) is 3.79 Å². The quantitative estimate of drug-likeness (QED) is 0.0903. The number of hydrogen-bond donors (Lipinski definition) is 3. The molecule has 0 saturated carbocycles. The molecule has 0 aromatic heterocycles. The molecule has 0 radical (unpaired) electrons. The molecule has 0 fully saturated rings. The van der Waals surface area contributed by atoms with Crippen molar-refractivity contribution < 1.29 is 9.53 Å². The lowest BCUT2D eigenvalue weighted by Crippen LogP contribution is -2.56. The lowest BCUT2D eigenvalue weighted by molar-refractivity contribution is 0.0934. The van der Waals surface area contributed by atoms with Gasteiger partial charge in [0, 0.05) is 14.8 Å². The first kappa shape index (κ1) is 27.2. The van der Waals surface area contributed by atoms with Crippen LogP contribution in [0.3, 0.4) is 0 Å². The number of carbonyl (C=O) groups excluding carboxylic acids is 1. The zero-order valence-corrected chi connectivity index (χ0v) is 22.7. The Morgan fingerprint density at radius 2 is 1.81 bits per heavy atom. The summed E-state index contributed by atoms with van der Waals surface area (Å²) in [4.78, 5) is 12.6. The summed E-state index contributed by atoms with van der Waals surface area (Å²) in [5.41, 5.74) is 1.18. The van der Waals surface area contributed by atoms with E-state index in [2.05, 4.69) is 45.5 Å². The molecule has 1 unspecified atom stereocenters. The van der Waals surface area contributed by atoms with Crippen molar-refractivity contribution in [1.29, 1.82) is 0 Å². The Hall–Kier alpha value is -1.000. The number of amides is 1. The first-order chi connectivity index (χ1) is 15.2. The van der Waals surface area contributed by atoms with E-state index in [1.807, 2.05) is 30.3 Å². The SMILES string of the molecule is CCCCCCOc1ccc(NC(=S)NC(NC(=O)c2cccc(I)c2)C(Cl)(Cl)Cl)cc1. The number of carbonyl (C=O) groups is 1. The van der Waals surface area contributed by atoms with Crippen LogP contribution in [0, 0.1) is 3.57 Å². The van der Waals surface area contributed by atoms with Gasteiger partial charge in [-0.3, -0.25) is 4.79 Å². The van der Waals surface area contributed by atoms with Gasteiger partial charge in [-0.05, 0) is 83.7 Å². The molecular weight excluding hydrogens is 604 g/mol. The van der Waals surface area contributed by atoms with Crippen molar-refractivity contribution in [3.8, 4) is 5.75 Å². The Balaban J connectivity index is 1.91. The summed E-state index contributed by atoms with van der Waals surface area (Å²) in [7, 11) is 0. The normalized spacial score (nSPS) is 12.0.